The van der Waals surface area contributed by atoms with Crippen LogP contribution in [0.4, 0.5) is 10.2 Å². The standard InChI is InChI=1S/C27H33FN6OS/c1-5-18-19(14-29)24(34-13-9-12-21(28)25(34)32-16-27(2,3)4)33-26(20(18)15-30)36-22(23(31)35)17-10-7-6-8-11-17/h6-8,10-11,21-22,25,32H,5,9,12-13,16H2,1-4H3,(H2,31,35). The van der Waals surface area contributed by atoms with E-state index in [1.165, 1.54) is 0 Å². The van der Waals surface area contributed by atoms with E-state index in [4.69, 9.17) is 10.7 Å². The number of carbonyl (C=O) groups is 1. The number of pyridine rings is 1. The van der Waals surface area contributed by atoms with Crippen molar-refractivity contribution in [2.75, 3.05) is 18.0 Å². The smallest absolute Gasteiger partial charge is 0.235 e. The molecule has 7 nitrogen and oxygen atoms in total. The van der Waals surface area contributed by atoms with Gasteiger partial charge in [-0.3, -0.25) is 10.1 Å². The van der Waals surface area contributed by atoms with Crippen LogP contribution in [0.2, 0.25) is 0 Å². The molecule has 190 valence electrons. The van der Waals surface area contributed by atoms with E-state index in [2.05, 4.69) is 38.2 Å². The molecular formula is C27H33FN6OS. The highest BCUT2D eigenvalue weighted by molar-refractivity contribution is 8.00. The number of halogens is 1. The largest absolute Gasteiger partial charge is 0.368 e. The van der Waals surface area contributed by atoms with Crippen molar-refractivity contribution in [3.8, 4) is 12.1 Å². The number of aromatic nitrogens is 1. The number of nitrogens with two attached hydrogens (primary N) is 1. The molecule has 1 saturated heterocycles. The summed E-state index contributed by atoms with van der Waals surface area (Å²) in [6, 6.07) is 13.5. The molecule has 2 aromatic rings. The molecule has 1 aromatic heterocycles. The first kappa shape index (κ1) is 27.4. The number of benzene rings is 1. The molecule has 1 aliphatic rings. The first-order chi connectivity index (χ1) is 17.1. The fourth-order valence-electron chi connectivity index (χ4n) is 4.34. The Morgan fingerprint density at radius 2 is 1.94 bits per heavy atom. The van der Waals surface area contributed by atoms with Crippen LogP contribution < -0.4 is 16.0 Å². The molecule has 9 heteroatoms. The van der Waals surface area contributed by atoms with Gasteiger partial charge in [0.15, 0.2) is 0 Å². The summed E-state index contributed by atoms with van der Waals surface area (Å²) in [7, 11) is 0. The monoisotopic (exact) mass is 508 g/mol. The van der Waals surface area contributed by atoms with Crippen LogP contribution in [-0.4, -0.2) is 36.3 Å². The van der Waals surface area contributed by atoms with Gasteiger partial charge in [-0.1, -0.05) is 69.8 Å². The zero-order valence-corrected chi connectivity index (χ0v) is 22.0. The van der Waals surface area contributed by atoms with Gasteiger partial charge in [0.25, 0.3) is 0 Å². The maximum Gasteiger partial charge on any atom is 0.235 e. The minimum Gasteiger partial charge on any atom is -0.368 e. The van der Waals surface area contributed by atoms with E-state index in [0.29, 0.717) is 54.3 Å². The number of rotatable bonds is 8. The lowest BCUT2D eigenvalue weighted by Gasteiger charge is -2.41. The van der Waals surface area contributed by atoms with Gasteiger partial charge in [0.1, 0.15) is 40.6 Å². The predicted octanol–water partition coefficient (Wildman–Crippen LogP) is 4.61. The van der Waals surface area contributed by atoms with Gasteiger partial charge in [0, 0.05) is 13.1 Å². The molecule has 1 aromatic carbocycles. The van der Waals surface area contributed by atoms with E-state index in [1.54, 1.807) is 12.1 Å². The van der Waals surface area contributed by atoms with Crippen molar-refractivity contribution in [2.45, 2.75) is 69.6 Å². The maximum atomic E-state index is 15.2. The van der Waals surface area contributed by atoms with E-state index in [1.807, 2.05) is 30.0 Å². The molecule has 0 radical (unpaired) electrons. The first-order valence-corrected chi connectivity index (χ1v) is 13.0. The molecule has 1 fully saturated rings. The van der Waals surface area contributed by atoms with Crippen LogP contribution in [0.1, 0.15) is 68.0 Å². The Balaban J connectivity index is 2.15. The second-order valence-corrected chi connectivity index (χ2v) is 11.2. The van der Waals surface area contributed by atoms with Crippen LogP contribution in [0, 0.1) is 28.1 Å². The summed E-state index contributed by atoms with van der Waals surface area (Å²) in [6.45, 7) is 9.16. The fraction of sp³-hybridized carbons (Fsp3) is 0.481. The first-order valence-electron chi connectivity index (χ1n) is 12.1. The molecule has 3 rings (SSSR count). The number of carbonyl (C=O) groups excluding carboxylic acids is 1. The summed E-state index contributed by atoms with van der Waals surface area (Å²) >= 11 is 1.09. The Morgan fingerprint density at radius 1 is 1.28 bits per heavy atom. The molecule has 1 aliphatic heterocycles. The predicted molar refractivity (Wildman–Crippen MR) is 140 cm³/mol. The zero-order valence-electron chi connectivity index (χ0n) is 21.2. The van der Waals surface area contributed by atoms with Gasteiger partial charge < -0.3 is 10.6 Å². The van der Waals surface area contributed by atoms with Crippen molar-refractivity contribution in [3.05, 3.63) is 52.6 Å². The van der Waals surface area contributed by atoms with Crippen LogP contribution in [-0.2, 0) is 11.2 Å². The van der Waals surface area contributed by atoms with Gasteiger partial charge in [-0.15, -0.1) is 0 Å². The van der Waals surface area contributed by atoms with E-state index < -0.39 is 23.5 Å². The SMILES string of the molecule is CCc1c(C#N)c(SC(C(N)=O)c2ccccc2)nc(N2CCCC(F)C2NCC(C)(C)C)c1C#N. The van der Waals surface area contributed by atoms with Crippen LogP contribution >= 0.6 is 11.8 Å². The highest BCUT2D eigenvalue weighted by Gasteiger charge is 2.36. The van der Waals surface area contributed by atoms with Crippen molar-refractivity contribution < 1.29 is 9.18 Å². The number of primary amides is 1. The molecule has 3 N–H and O–H groups in total. The topological polar surface area (TPSA) is 119 Å². The van der Waals surface area contributed by atoms with Crippen molar-refractivity contribution in [2.24, 2.45) is 11.1 Å². The summed E-state index contributed by atoms with van der Waals surface area (Å²) in [4.78, 5) is 19.0. The lowest BCUT2D eigenvalue weighted by atomic mass is 9.95. The number of nitrogens with zero attached hydrogens (tertiary/aromatic N) is 4. The summed E-state index contributed by atoms with van der Waals surface area (Å²) in [6.07, 6.45) is -0.368. The molecule has 3 unspecified atom stereocenters. The van der Waals surface area contributed by atoms with Gasteiger partial charge >= 0.3 is 0 Å². The van der Waals surface area contributed by atoms with E-state index in [9.17, 15) is 15.3 Å². The van der Waals surface area contributed by atoms with Crippen molar-refractivity contribution in [3.63, 3.8) is 0 Å². The number of alkyl halides is 1. The molecule has 2 heterocycles. The number of hydrogen-bond acceptors (Lipinski definition) is 7. The summed E-state index contributed by atoms with van der Waals surface area (Å²) in [5, 5.41) is 23.0. The molecule has 3 atom stereocenters. The Labute approximate surface area is 216 Å². The molecule has 36 heavy (non-hydrogen) atoms. The van der Waals surface area contributed by atoms with Crippen LogP contribution in [0.15, 0.2) is 35.4 Å². The Kier molecular flexibility index (Phi) is 8.94. The summed E-state index contributed by atoms with van der Waals surface area (Å²) < 4.78 is 15.2. The normalized spacial score (nSPS) is 18.8. The lowest BCUT2D eigenvalue weighted by molar-refractivity contribution is -0.117. The number of anilines is 1. The third-order valence-electron chi connectivity index (χ3n) is 6.09. The fourth-order valence-corrected chi connectivity index (χ4v) is 5.40. The number of hydrogen-bond donors (Lipinski definition) is 2. The van der Waals surface area contributed by atoms with E-state index >= 15 is 4.39 Å². The second-order valence-electron chi connectivity index (χ2n) is 10.1. The van der Waals surface area contributed by atoms with E-state index in [-0.39, 0.29) is 16.5 Å². The second kappa shape index (κ2) is 11.7. The van der Waals surface area contributed by atoms with Crippen LogP contribution in [0.3, 0.4) is 0 Å². The molecule has 0 bridgehead atoms. The number of nitriles is 2. The van der Waals surface area contributed by atoms with Crippen LogP contribution in [0.5, 0.6) is 0 Å². The molecule has 0 spiro atoms. The average Bonchev–Trinajstić information content (AvgIpc) is 2.85. The van der Waals surface area contributed by atoms with Crippen molar-refractivity contribution in [1.82, 2.24) is 10.3 Å². The minimum absolute atomic E-state index is 0.0705. The highest BCUT2D eigenvalue weighted by atomic mass is 32.2. The third-order valence-corrected chi connectivity index (χ3v) is 7.35. The molecule has 0 aliphatic carbocycles. The number of thioether (sulfide) groups is 1. The van der Waals surface area contributed by atoms with Gasteiger partial charge in [-0.25, -0.2) is 9.37 Å². The lowest BCUT2D eigenvalue weighted by Crippen LogP contribution is -2.57. The molecule has 0 saturated carbocycles. The number of amides is 1. The Hall–Kier alpha value is -3.14. The average molecular weight is 509 g/mol. The van der Waals surface area contributed by atoms with Gasteiger partial charge in [-0.05, 0) is 35.8 Å². The van der Waals surface area contributed by atoms with Gasteiger partial charge in [0.2, 0.25) is 5.91 Å². The number of piperidine rings is 1. The quantitative estimate of drug-likeness (QED) is 0.500. The Morgan fingerprint density at radius 3 is 2.50 bits per heavy atom. The van der Waals surface area contributed by atoms with Gasteiger partial charge in [-0.2, -0.15) is 10.5 Å². The molecule has 1 amide bonds. The Bertz CT molecular complexity index is 1170. The third kappa shape index (κ3) is 6.16. The van der Waals surface area contributed by atoms with Crippen molar-refractivity contribution >= 4 is 23.5 Å². The highest BCUT2D eigenvalue weighted by Crippen LogP contribution is 2.40. The van der Waals surface area contributed by atoms with Crippen LogP contribution in [0.25, 0.3) is 0 Å². The minimum atomic E-state index is -1.14. The summed E-state index contributed by atoms with van der Waals surface area (Å²) in [5.74, 6) is -0.228. The van der Waals surface area contributed by atoms with E-state index in [0.717, 1.165) is 11.8 Å². The maximum absolute atomic E-state index is 15.2. The molecular weight excluding hydrogens is 475 g/mol. The van der Waals surface area contributed by atoms with Gasteiger partial charge in [0.05, 0.1) is 11.1 Å². The van der Waals surface area contributed by atoms with Crippen molar-refractivity contribution in [1.29, 1.82) is 10.5 Å². The zero-order chi connectivity index (χ0) is 26.5. The summed E-state index contributed by atoms with van der Waals surface area (Å²) in [5.41, 5.74) is 7.42. The number of nitrogens with one attached hydrogen (secondary N) is 1.